The average molecular weight is 235 g/mol. The van der Waals surface area contributed by atoms with Crippen molar-refractivity contribution in [3.63, 3.8) is 0 Å². The Balaban J connectivity index is 2.40. The normalized spacial score (nSPS) is 10.5. The monoisotopic (exact) mass is 235 g/mol. The van der Waals surface area contributed by atoms with Crippen molar-refractivity contribution in [3.05, 3.63) is 23.1 Å². The van der Waals surface area contributed by atoms with E-state index < -0.39 is 5.97 Å². The van der Waals surface area contributed by atoms with Crippen LogP contribution in [0.25, 0.3) is 11.5 Å². The van der Waals surface area contributed by atoms with Crippen molar-refractivity contribution in [2.45, 2.75) is 20.8 Å². The quantitative estimate of drug-likeness (QED) is 0.821. The van der Waals surface area contributed by atoms with Gasteiger partial charge in [0.15, 0.2) is 11.5 Å². The molecule has 0 aliphatic carbocycles. The molecule has 2 aromatic heterocycles. The predicted molar refractivity (Wildman–Crippen MR) is 59.5 cm³/mol. The first kappa shape index (κ1) is 11.4. The van der Waals surface area contributed by atoms with Crippen LogP contribution >= 0.6 is 0 Å². The number of carbonyl (C=O) groups excluding carboxylic acids is 1. The van der Waals surface area contributed by atoms with Crippen molar-refractivity contribution in [1.82, 2.24) is 15.4 Å². The van der Waals surface area contributed by atoms with Crippen molar-refractivity contribution in [2.75, 3.05) is 6.61 Å². The molecule has 0 fully saturated rings. The van der Waals surface area contributed by atoms with Crippen LogP contribution < -0.4 is 0 Å². The minimum atomic E-state index is -0.511. The Morgan fingerprint density at radius 1 is 1.47 bits per heavy atom. The van der Waals surface area contributed by atoms with Gasteiger partial charge >= 0.3 is 5.97 Å². The lowest BCUT2D eigenvalue weighted by molar-refractivity contribution is 0.0520. The number of aromatic nitrogens is 3. The first-order chi connectivity index (χ1) is 8.13. The lowest BCUT2D eigenvalue weighted by Gasteiger charge is -1.98. The SMILES string of the molecule is CCOC(=O)c1n[nH]nc1-c1cc(C)c(C)o1. The Kier molecular flexibility index (Phi) is 2.95. The molecule has 0 aromatic carbocycles. The average Bonchev–Trinajstić information content (AvgIpc) is 2.87. The van der Waals surface area contributed by atoms with Gasteiger partial charge in [0.25, 0.3) is 0 Å². The summed E-state index contributed by atoms with van der Waals surface area (Å²) in [4.78, 5) is 11.6. The molecule has 0 aliphatic rings. The van der Waals surface area contributed by atoms with Gasteiger partial charge in [-0.15, -0.1) is 5.10 Å². The molecule has 0 saturated heterocycles. The highest BCUT2D eigenvalue weighted by Gasteiger charge is 2.21. The maximum absolute atomic E-state index is 11.6. The third-order valence-corrected chi connectivity index (χ3v) is 2.42. The molecule has 2 rings (SSSR count). The van der Waals surface area contributed by atoms with Gasteiger partial charge in [0.05, 0.1) is 6.61 Å². The number of hydrogen-bond acceptors (Lipinski definition) is 5. The minimum Gasteiger partial charge on any atom is -0.461 e. The number of rotatable bonds is 3. The lowest BCUT2D eigenvalue weighted by Crippen LogP contribution is -2.06. The summed E-state index contributed by atoms with van der Waals surface area (Å²) in [5.41, 5.74) is 1.51. The number of furan rings is 1. The van der Waals surface area contributed by atoms with Crippen LogP contribution in [0.15, 0.2) is 10.5 Å². The molecule has 1 N–H and O–H groups in total. The number of H-pyrrole nitrogens is 1. The molecule has 0 saturated carbocycles. The Hall–Kier alpha value is -2.11. The molecule has 90 valence electrons. The summed E-state index contributed by atoms with van der Waals surface area (Å²) in [5, 5.41) is 10.1. The second-order valence-corrected chi connectivity index (χ2v) is 3.59. The number of aromatic amines is 1. The smallest absolute Gasteiger partial charge is 0.361 e. The molecular weight excluding hydrogens is 222 g/mol. The van der Waals surface area contributed by atoms with E-state index >= 15 is 0 Å². The van der Waals surface area contributed by atoms with Crippen molar-refractivity contribution < 1.29 is 13.9 Å². The molecule has 0 radical (unpaired) electrons. The Morgan fingerprint density at radius 2 is 2.24 bits per heavy atom. The highest BCUT2D eigenvalue weighted by atomic mass is 16.5. The van der Waals surface area contributed by atoms with Gasteiger partial charge in [0.1, 0.15) is 5.76 Å². The number of carbonyl (C=O) groups is 1. The molecule has 2 aromatic rings. The maximum Gasteiger partial charge on any atom is 0.361 e. The highest BCUT2D eigenvalue weighted by Crippen LogP contribution is 2.25. The highest BCUT2D eigenvalue weighted by molar-refractivity contribution is 5.93. The van der Waals surface area contributed by atoms with Gasteiger partial charge in [-0.3, -0.25) is 0 Å². The van der Waals surface area contributed by atoms with Gasteiger partial charge in [-0.05, 0) is 32.4 Å². The summed E-state index contributed by atoms with van der Waals surface area (Å²) in [6, 6.07) is 1.82. The summed E-state index contributed by atoms with van der Waals surface area (Å²) < 4.78 is 10.4. The number of esters is 1. The molecule has 6 heteroatoms. The van der Waals surface area contributed by atoms with E-state index in [-0.39, 0.29) is 5.69 Å². The molecular formula is C11H13N3O3. The molecule has 6 nitrogen and oxygen atoms in total. The molecule has 2 heterocycles. The van der Waals surface area contributed by atoms with E-state index in [0.717, 1.165) is 11.3 Å². The Bertz CT molecular complexity index is 522. The number of hydrogen-bond donors (Lipinski definition) is 1. The fourth-order valence-electron chi connectivity index (χ4n) is 1.43. The second kappa shape index (κ2) is 4.40. The third-order valence-electron chi connectivity index (χ3n) is 2.42. The van der Waals surface area contributed by atoms with Crippen LogP contribution in [-0.2, 0) is 4.74 Å². The fraction of sp³-hybridized carbons (Fsp3) is 0.364. The first-order valence-corrected chi connectivity index (χ1v) is 5.28. The van der Waals surface area contributed by atoms with Crippen LogP contribution in [0.3, 0.4) is 0 Å². The first-order valence-electron chi connectivity index (χ1n) is 5.28. The summed E-state index contributed by atoms with van der Waals surface area (Å²) in [6.45, 7) is 5.80. The lowest BCUT2D eigenvalue weighted by atomic mass is 10.2. The van der Waals surface area contributed by atoms with Crippen LogP contribution in [-0.4, -0.2) is 28.0 Å². The van der Waals surface area contributed by atoms with Gasteiger partial charge in [0.2, 0.25) is 5.69 Å². The number of ether oxygens (including phenoxy) is 1. The maximum atomic E-state index is 11.6. The van der Waals surface area contributed by atoms with Crippen LogP contribution in [0.1, 0.15) is 28.7 Å². The Morgan fingerprint density at radius 3 is 2.82 bits per heavy atom. The Labute approximate surface area is 98.0 Å². The zero-order valence-electron chi connectivity index (χ0n) is 9.90. The van der Waals surface area contributed by atoms with E-state index in [4.69, 9.17) is 9.15 Å². The third kappa shape index (κ3) is 2.06. The number of nitrogens with one attached hydrogen (secondary N) is 1. The minimum absolute atomic E-state index is 0.139. The largest absolute Gasteiger partial charge is 0.461 e. The summed E-state index contributed by atoms with van der Waals surface area (Å²) in [6.07, 6.45) is 0. The second-order valence-electron chi connectivity index (χ2n) is 3.59. The van der Waals surface area contributed by atoms with E-state index in [2.05, 4.69) is 15.4 Å². The standard InChI is InChI=1S/C11H13N3O3/c1-4-16-11(15)10-9(12-14-13-10)8-5-6(2)7(3)17-8/h5H,4H2,1-3H3,(H,12,13,14). The van der Waals surface area contributed by atoms with Gasteiger partial charge < -0.3 is 9.15 Å². The van der Waals surface area contributed by atoms with Gasteiger partial charge in [-0.2, -0.15) is 10.3 Å². The van der Waals surface area contributed by atoms with Crippen LogP contribution in [0.4, 0.5) is 0 Å². The van der Waals surface area contributed by atoms with E-state index in [1.807, 2.05) is 19.9 Å². The van der Waals surface area contributed by atoms with E-state index in [9.17, 15) is 4.79 Å². The van der Waals surface area contributed by atoms with Crippen molar-refractivity contribution >= 4 is 5.97 Å². The predicted octanol–water partition coefficient (Wildman–Crippen LogP) is 1.86. The van der Waals surface area contributed by atoms with Crippen molar-refractivity contribution in [1.29, 1.82) is 0 Å². The van der Waals surface area contributed by atoms with Crippen LogP contribution in [0, 0.1) is 13.8 Å². The van der Waals surface area contributed by atoms with Gasteiger partial charge in [-0.1, -0.05) is 0 Å². The number of nitrogens with zero attached hydrogens (tertiary/aromatic N) is 2. The van der Waals surface area contributed by atoms with Crippen LogP contribution in [0.2, 0.25) is 0 Å². The molecule has 0 aliphatic heterocycles. The van der Waals surface area contributed by atoms with Gasteiger partial charge in [0, 0.05) is 0 Å². The molecule has 0 amide bonds. The summed E-state index contributed by atoms with van der Waals surface area (Å²) in [5.74, 6) is 0.789. The molecule has 0 bridgehead atoms. The summed E-state index contributed by atoms with van der Waals surface area (Å²) in [7, 11) is 0. The zero-order chi connectivity index (χ0) is 12.4. The van der Waals surface area contributed by atoms with E-state index in [1.165, 1.54) is 0 Å². The molecule has 0 spiro atoms. The fourth-order valence-corrected chi connectivity index (χ4v) is 1.43. The number of aryl methyl sites for hydroxylation is 2. The van der Waals surface area contributed by atoms with Crippen molar-refractivity contribution in [3.8, 4) is 11.5 Å². The summed E-state index contributed by atoms with van der Waals surface area (Å²) >= 11 is 0. The van der Waals surface area contributed by atoms with E-state index in [1.54, 1.807) is 6.92 Å². The van der Waals surface area contributed by atoms with Crippen LogP contribution in [0.5, 0.6) is 0 Å². The molecule has 0 unspecified atom stereocenters. The zero-order valence-corrected chi connectivity index (χ0v) is 9.90. The van der Waals surface area contributed by atoms with Gasteiger partial charge in [-0.25, -0.2) is 4.79 Å². The van der Waals surface area contributed by atoms with Crippen molar-refractivity contribution in [2.24, 2.45) is 0 Å². The van der Waals surface area contributed by atoms with E-state index in [0.29, 0.717) is 18.1 Å². The molecule has 17 heavy (non-hydrogen) atoms. The molecule has 0 atom stereocenters. The topological polar surface area (TPSA) is 81.0 Å².